The third-order valence-corrected chi connectivity index (χ3v) is 7.67. The molecular weight excluding hydrogens is 488 g/mol. The van der Waals surface area contributed by atoms with E-state index in [4.69, 9.17) is 4.98 Å². The number of anilines is 1. The van der Waals surface area contributed by atoms with Crippen LogP contribution in [0.5, 0.6) is 0 Å². The van der Waals surface area contributed by atoms with Gasteiger partial charge in [0.05, 0.1) is 10.6 Å². The average molecular weight is 509 g/mol. The molecule has 32 heavy (non-hydrogen) atoms. The van der Waals surface area contributed by atoms with Crippen molar-refractivity contribution in [2.24, 2.45) is 5.92 Å². The number of allylic oxidation sites excluding steroid dienone is 1. The first-order chi connectivity index (χ1) is 15.4. The van der Waals surface area contributed by atoms with Gasteiger partial charge in [0.25, 0.3) is 10.0 Å². The first kappa shape index (κ1) is 21.1. The minimum Gasteiger partial charge on any atom is -0.299 e. The summed E-state index contributed by atoms with van der Waals surface area (Å²) >= 11 is 3.32. The van der Waals surface area contributed by atoms with E-state index < -0.39 is 10.0 Å². The molecule has 1 heterocycles. The number of Topliss-reactive ketones (excluding diaryl/α,β-unsaturated/α-hetero) is 1. The molecule has 1 saturated carbocycles. The minimum absolute atomic E-state index is 0.201. The van der Waals surface area contributed by atoms with E-state index in [0.29, 0.717) is 12.1 Å². The molecule has 2 aliphatic rings. The molecule has 5 nitrogen and oxygen atoms in total. The number of benzene rings is 2. The van der Waals surface area contributed by atoms with Crippen LogP contribution in [-0.2, 0) is 27.7 Å². The lowest BCUT2D eigenvalue weighted by atomic mass is 9.97. The zero-order valence-corrected chi connectivity index (χ0v) is 19.6. The SMILES string of the molecule is O=C(Cc1cc(-c2ccc(NS(=O)(=O)c3ccc(Br)cc3)cc2)c2c(n1)CC=C2)C1CC1. The number of hydrogen-bond donors (Lipinski definition) is 1. The molecule has 0 amide bonds. The number of aromatic nitrogens is 1. The molecule has 2 aliphatic carbocycles. The van der Waals surface area contributed by atoms with Crippen LogP contribution in [0.15, 0.2) is 70.0 Å². The van der Waals surface area contributed by atoms with Crippen LogP contribution in [0.25, 0.3) is 17.2 Å². The molecule has 1 N–H and O–H groups in total. The van der Waals surface area contributed by atoms with Gasteiger partial charge in [-0.05, 0) is 66.4 Å². The van der Waals surface area contributed by atoms with Crippen molar-refractivity contribution >= 4 is 43.5 Å². The highest BCUT2D eigenvalue weighted by molar-refractivity contribution is 9.10. The van der Waals surface area contributed by atoms with Crippen molar-refractivity contribution in [3.63, 3.8) is 0 Å². The first-order valence-corrected chi connectivity index (χ1v) is 12.8. The smallest absolute Gasteiger partial charge is 0.261 e. The highest BCUT2D eigenvalue weighted by atomic mass is 79.9. The van der Waals surface area contributed by atoms with Gasteiger partial charge in [-0.3, -0.25) is 14.5 Å². The van der Waals surface area contributed by atoms with Crippen LogP contribution in [0.4, 0.5) is 5.69 Å². The average Bonchev–Trinajstić information content (AvgIpc) is 3.52. The van der Waals surface area contributed by atoms with E-state index in [1.54, 1.807) is 36.4 Å². The molecule has 0 radical (unpaired) electrons. The summed E-state index contributed by atoms with van der Waals surface area (Å²) in [5.41, 5.74) is 5.32. The van der Waals surface area contributed by atoms with Crippen LogP contribution >= 0.6 is 15.9 Å². The summed E-state index contributed by atoms with van der Waals surface area (Å²) in [5, 5.41) is 0. The van der Waals surface area contributed by atoms with Crippen molar-refractivity contribution in [3.05, 3.63) is 82.1 Å². The molecule has 0 spiro atoms. The second kappa shape index (κ2) is 8.30. The van der Waals surface area contributed by atoms with E-state index in [-0.39, 0.29) is 16.6 Å². The van der Waals surface area contributed by atoms with Crippen LogP contribution in [0, 0.1) is 5.92 Å². The molecule has 1 aromatic heterocycles. The maximum atomic E-state index is 12.7. The first-order valence-electron chi connectivity index (χ1n) is 10.5. The lowest BCUT2D eigenvalue weighted by Crippen LogP contribution is -2.12. The molecule has 0 aliphatic heterocycles. The maximum absolute atomic E-state index is 12.7. The summed E-state index contributed by atoms with van der Waals surface area (Å²) in [6.45, 7) is 0. The van der Waals surface area contributed by atoms with E-state index in [2.05, 4.69) is 32.8 Å². The van der Waals surface area contributed by atoms with Crippen molar-refractivity contribution < 1.29 is 13.2 Å². The largest absolute Gasteiger partial charge is 0.299 e. The zero-order valence-electron chi connectivity index (χ0n) is 17.2. The zero-order chi connectivity index (χ0) is 22.3. The topological polar surface area (TPSA) is 76.1 Å². The van der Waals surface area contributed by atoms with Gasteiger partial charge in [0.1, 0.15) is 5.78 Å². The molecule has 5 rings (SSSR count). The monoisotopic (exact) mass is 508 g/mol. The van der Waals surface area contributed by atoms with E-state index >= 15 is 0 Å². The fourth-order valence-electron chi connectivity index (χ4n) is 3.90. The molecule has 1 fully saturated rings. The van der Waals surface area contributed by atoms with E-state index in [1.807, 2.05) is 18.2 Å². The number of fused-ring (bicyclic) bond motifs is 1. The van der Waals surface area contributed by atoms with Gasteiger partial charge in [0.2, 0.25) is 0 Å². The third kappa shape index (κ3) is 4.40. The number of nitrogens with one attached hydrogen (secondary N) is 1. The fourth-order valence-corrected chi connectivity index (χ4v) is 5.22. The minimum atomic E-state index is -3.67. The summed E-state index contributed by atoms with van der Waals surface area (Å²) in [4.78, 5) is 17.2. The van der Waals surface area contributed by atoms with E-state index in [1.165, 1.54) is 0 Å². The van der Waals surface area contributed by atoms with Crippen molar-refractivity contribution in [1.82, 2.24) is 4.98 Å². The maximum Gasteiger partial charge on any atom is 0.261 e. The number of halogens is 1. The molecule has 0 atom stereocenters. The molecule has 0 unspecified atom stereocenters. The van der Waals surface area contributed by atoms with Crippen LogP contribution < -0.4 is 4.72 Å². The number of rotatable bonds is 7. The Morgan fingerprint density at radius 2 is 1.78 bits per heavy atom. The third-order valence-electron chi connectivity index (χ3n) is 5.75. The Bertz CT molecular complexity index is 1330. The highest BCUT2D eigenvalue weighted by Gasteiger charge is 2.30. The van der Waals surface area contributed by atoms with Crippen molar-refractivity contribution in [1.29, 1.82) is 0 Å². The number of sulfonamides is 1. The number of carbonyl (C=O) groups is 1. The number of carbonyl (C=O) groups excluding carboxylic acids is 1. The number of pyridine rings is 1. The summed E-state index contributed by atoms with van der Waals surface area (Å²) in [5.74, 6) is 0.483. The quantitative estimate of drug-likeness (QED) is 0.463. The normalized spacial score (nSPS) is 14.9. The van der Waals surface area contributed by atoms with Crippen LogP contribution in [0.1, 0.15) is 29.8 Å². The molecule has 2 aromatic carbocycles. The van der Waals surface area contributed by atoms with Gasteiger partial charge in [0.15, 0.2) is 0 Å². The second-order valence-electron chi connectivity index (χ2n) is 8.18. The van der Waals surface area contributed by atoms with Gasteiger partial charge in [-0.15, -0.1) is 0 Å². The van der Waals surface area contributed by atoms with Gasteiger partial charge in [-0.2, -0.15) is 0 Å². The molecule has 3 aromatic rings. The fraction of sp³-hybridized carbons (Fsp3) is 0.200. The number of nitrogens with zero attached hydrogens (tertiary/aromatic N) is 1. The molecule has 0 saturated heterocycles. The van der Waals surface area contributed by atoms with Gasteiger partial charge < -0.3 is 0 Å². The van der Waals surface area contributed by atoms with Gasteiger partial charge >= 0.3 is 0 Å². The summed E-state index contributed by atoms with van der Waals surface area (Å²) in [6, 6.07) is 15.8. The lowest BCUT2D eigenvalue weighted by molar-refractivity contribution is -0.119. The van der Waals surface area contributed by atoms with Crippen LogP contribution in [0.2, 0.25) is 0 Å². The molecule has 162 valence electrons. The van der Waals surface area contributed by atoms with Gasteiger partial charge in [-0.1, -0.05) is 40.2 Å². The van der Waals surface area contributed by atoms with Crippen LogP contribution in [0.3, 0.4) is 0 Å². The Kier molecular flexibility index (Phi) is 5.47. The molecule has 7 heteroatoms. The molecular formula is C25H21BrN2O3S. The van der Waals surface area contributed by atoms with Crippen molar-refractivity contribution in [2.45, 2.75) is 30.6 Å². The predicted molar refractivity (Wildman–Crippen MR) is 129 cm³/mol. The van der Waals surface area contributed by atoms with Crippen molar-refractivity contribution in [2.75, 3.05) is 4.72 Å². The van der Waals surface area contributed by atoms with E-state index in [9.17, 15) is 13.2 Å². The van der Waals surface area contributed by atoms with Crippen molar-refractivity contribution in [3.8, 4) is 11.1 Å². The Labute approximate surface area is 195 Å². The predicted octanol–water partition coefficient (Wildman–Crippen LogP) is 5.40. The summed E-state index contributed by atoms with van der Waals surface area (Å²) in [7, 11) is -3.67. The molecule has 0 bridgehead atoms. The highest BCUT2D eigenvalue weighted by Crippen LogP contribution is 2.34. The standard InChI is InChI=1S/C25H21BrN2O3S/c26-18-8-12-21(13-9-18)32(30,31)28-19-10-6-16(7-11-19)23-14-20(15-25(29)17-4-5-17)27-24-3-1-2-22(23)24/h1-2,6-14,17,28H,3-5,15H2. The second-order valence-corrected chi connectivity index (χ2v) is 10.8. The Balaban J connectivity index is 1.41. The summed E-state index contributed by atoms with van der Waals surface area (Å²) in [6.07, 6.45) is 7.27. The number of hydrogen-bond acceptors (Lipinski definition) is 4. The lowest BCUT2D eigenvalue weighted by Gasteiger charge is -2.13. The Morgan fingerprint density at radius 1 is 1.06 bits per heavy atom. The van der Waals surface area contributed by atoms with Gasteiger partial charge in [-0.25, -0.2) is 8.42 Å². The Morgan fingerprint density at radius 3 is 2.47 bits per heavy atom. The number of ketones is 1. The van der Waals surface area contributed by atoms with E-state index in [0.717, 1.165) is 51.8 Å². The summed E-state index contributed by atoms with van der Waals surface area (Å²) < 4.78 is 28.8. The Hall–Kier alpha value is -2.77. The van der Waals surface area contributed by atoms with Gasteiger partial charge in [0, 0.05) is 40.2 Å². The van der Waals surface area contributed by atoms with Crippen LogP contribution in [-0.4, -0.2) is 19.2 Å².